The third-order valence-electron chi connectivity index (χ3n) is 8.68. The van der Waals surface area contributed by atoms with Crippen molar-refractivity contribution in [1.82, 2.24) is 0 Å². The van der Waals surface area contributed by atoms with Crippen LogP contribution in [0.15, 0.2) is 0 Å². The molecule has 0 aromatic heterocycles. The Kier molecular flexibility index (Phi) is 36.0. The second-order valence-electron chi connectivity index (χ2n) is 13.0. The van der Waals surface area contributed by atoms with Gasteiger partial charge in [-0.2, -0.15) is 0 Å². The van der Waals surface area contributed by atoms with Gasteiger partial charge in [-0.15, -0.1) is 0 Å². The van der Waals surface area contributed by atoms with Crippen molar-refractivity contribution in [3.63, 3.8) is 0 Å². The van der Waals surface area contributed by atoms with Gasteiger partial charge in [-0.25, -0.2) is 0 Å². The molecule has 0 amide bonds. The first kappa shape index (κ1) is 41.4. The second kappa shape index (κ2) is 36.6. The maximum Gasteiger partial charge on any atom is 0.306 e. The summed E-state index contributed by atoms with van der Waals surface area (Å²) in [7, 11) is 0. The summed E-state index contributed by atoms with van der Waals surface area (Å²) < 4.78 is 11.0. The van der Waals surface area contributed by atoms with Crippen LogP contribution in [0.25, 0.3) is 0 Å². The van der Waals surface area contributed by atoms with E-state index in [4.69, 9.17) is 9.47 Å². The molecular formula is C38H76O4. The van der Waals surface area contributed by atoms with E-state index in [1.54, 1.807) is 0 Å². The average Bonchev–Trinajstić information content (AvgIpc) is 3.00. The van der Waals surface area contributed by atoms with Crippen molar-refractivity contribution in [2.24, 2.45) is 0 Å². The molecule has 0 aromatic rings. The summed E-state index contributed by atoms with van der Waals surface area (Å²) in [5, 5.41) is 9.48. The van der Waals surface area contributed by atoms with Crippen LogP contribution in [-0.2, 0) is 14.3 Å². The summed E-state index contributed by atoms with van der Waals surface area (Å²) in [4.78, 5) is 12.1. The number of aliphatic hydroxyl groups is 1. The van der Waals surface area contributed by atoms with Gasteiger partial charge in [0, 0.05) is 13.0 Å². The third kappa shape index (κ3) is 33.9. The highest BCUT2D eigenvalue weighted by molar-refractivity contribution is 5.69. The van der Waals surface area contributed by atoms with Gasteiger partial charge in [0.25, 0.3) is 0 Å². The number of unbranched alkanes of at least 4 members (excludes halogenated alkanes) is 28. The van der Waals surface area contributed by atoms with Gasteiger partial charge in [-0.3, -0.25) is 4.79 Å². The van der Waals surface area contributed by atoms with Gasteiger partial charge >= 0.3 is 5.97 Å². The van der Waals surface area contributed by atoms with Crippen LogP contribution in [0.3, 0.4) is 0 Å². The van der Waals surface area contributed by atoms with Crippen molar-refractivity contribution < 1.29 is 19.4 Å². The molecule has 0 aliphatic rings. The van der Waals surface area contributed by atoms with Crippen molar-refractivity contribution >= 4 is 5.97 Å². The quantitative estimate of drug-likeness (QED) is 0.0577. The summed E-state index contributed by atoms with van der Waals surface area (Å²) in [6, 6.07) is 0. The molecule has 0 saturated heterocycles. The number of carbonyl (C=O) groups excluding carboxylic acids is 1. The summed E-state index contributed by atoms with van der Waals surface area (Å²) in [6.45, 7) is 5.34. The van der Waals surface area contributed by atoms with E-state index in [2.05, 4.69) is 13.8 Å². The topological polar surface area (TPSA) is 55.8 Å². The van der Waals surface area contributed by atoms with Crippen LogP contribution < -0.4 is 0 Å². The highest BCUT2D eigenvalue weighted by Gasteiger charge is 2.13. The molecule has 0 heterocycles. The number of esters is 1. The molecule has 0 radical (unpaired) electrons. The van der Waals surface area contributed by atoms with E-state index >= 15 is 0 Å². The lowest BCUT2D eigenvalue weighted by Crippen LogP contribution is -2.27. The lowest BCUT2D eigenvalue weighted by atomic mass is 10.0. The monoisotopic (exact) mass is 597 g/mol. The molecule has 1 atom stereocenters. The van der Waals surface area contributed by atoms with Crippen LogP contribution in [-0.4, -0.2) is 37.0 Å². The smallest absolute Gasteiger partial charge is 0.306 e. The molecule has 0 aliphatic heterocycles. The van der Waals surface area contributed by atoms with Crippen LogP contribution in [0, 0.1) is 0 Å². The zero-order chi connectivity index (χ0) is 30.6. The summed E-state index contributed by atoms with van der Waals surface area (Å²) >= 11 is 0. The number of rotatable bonds is 36. The van der Waals surface area contributed by atoms with E-state index < -0.39 is 6.10 Å². The first-order valence-electron chi connectivity index (χ1n) is 19.1. The lowest BCUT2D eigenvalue weighted by molar-refractivity contribution is -0.154. The maximum absolute atomic E-state index is 12.1. The average molecular weight is 597 g/mol. The van der Waals surface area contributed by atoms with Crippen LogP contribution >= 0.6 is 0 Å². The summed E-state index contributed by atoms with van der Waals surface area (Å²) in [6.07, 6.45) is 40.3. The van der Waals surface area contributed by atoms with Gasteiger partial charge in [0.2, 0.25) is 0 Å². The van der Waals surface area contributed by atoms with E-state index in [1.807, 2.05) is 0 Å². The van der Waals surface area contributed by atoms with E-state index in [0.717, 1.165) is 19.3 Å². The number of aliphatic hydroxyl groups excluding tert-OH is 1. The fraction of sp³-hybridized carbons (Fsp3) is 0.974. The first-order chi connectivity index (χ1) is 20.7. The van der Waals surface area contributed by atoms with Crippen molar-refractivity contribution in [3.05, 3.63) is 0 Å². The Labute approximate surface area is 263 Å². The van der Waals surface area contributed by atoms with Crippen LogP contribution in [0.5, 0.6) is 0 Å². The Hall–Kier alpha value is -0.610. The normalized spacial score (nSPS) is 12.2. The molecule has 0 rings (SSSR count). The molecule has 42 heavy (non-hydrogen) atoms. The van der Waals surface area contributed by atoms with E-state index in [9.17, 15) is 9.90 Å². The van der Waals surface area contributed by atoms with Gasteiger partial charge < -0.3 is 14.6 Å². The van der Waals surface area contributed by atoms with E-state index in [0.29, 0.717) is 19.6 Å². The van der Waals surface area contributed by atoms with Gasteiger partial charge in [0.05, 0.1) is 13.2 Å². The SMILES string of the molecule is CCCCCCCCCCCCCCCCCCCCCCCCCCC(=O)OC(CO)COCCCCCCCC. The largest absolute Gasteiger partial charge is 0.457 e. The van der Waals surface area contributed by atoms with E-state index in [-0.39, 0.29) is 12.6 Å². The predicted molar refractivity (Wildman–Crippen MR) is 182 cm³/mol. The number of hydrogen-bond donors (Lipinski definition) is 1. The Morgan fingerprint density at radius 3 is 1.12 bits per heavy atom. The molecule has 0 spiro atoms. The summed E-state index contributed by atoms with van der Waals surface area (Å²) in [5.74, 6) is -0.198. The molecular weight excluding hydrogens is 520 g/mol. The molecule has 1 N–H and O–H groups in total. The second-order valence-corrected chi connectivity index (χ2v) is 13.0. The Balaban J connectivity index is 3.29. The molecule has 4 heteroatoms. The van der Waals surface area contributed by atoms with Gasteiger partial charge in [0.15, 0.2) is 0 Å². The Bertz CT molecular complexity index is 509. The molecule has 0 saturated carbocycles. The summed E-state index contributed by atoms with van der Waals surface area (Å²) in [5.41, 5.74) is 0. The molecule has 0 aliphatic carbocycles. The minimum Gasteiger partial charge on any atom is -0.457 e. The zero-order valence-electron chi connectivity index (χ0n) is 28.8. The first-order valence-corrected chi connectivity index (χ1v) is 19.1. The third-order valence-corrected chi connectivity index (χ3v) is 8.68. The van der Waals surface area contributed by atoms with Crippen molar-refractivity contribution in [1.29, 1.82) is 0 Å². The number of carbonyl (C=O) groups is 1. The van der Waals surface area contributed by atoms with Crippen LogP contribution in [0.4, 0.5) is 0 Å². The molecule has 0 bridgehead atoms. The highest BCUT2D eigenvalue weighted by Crippen LogP contribution is 2.16. The number of hydrogen-bond acceptors (Lipinski definition) is 4. The fourth-order valence-electron chi connectivity index (χ4n) is 5.80. The van der Waals surface area contributed by atoms with Crippen molar-refractivity contribution in [3.8, 4) is 0 Å². The minimum atomic E-state index is -0.521. The zero-order valence-corrected chi connectivity index (χ0v) is 28.8. The van der Waals surface area contributed by atoms with Crippen LogP contribution in [0.1, 0.15) is 213 Å². The lowest BCUT2D eigenvalue weighted by Gasteiger charge is -2.15. The Morgan fingerprint density at radius 2 is 0.786 bits per heavy atom. The minimum absolute atomic E-state index is 0.165. The predicted octanol–water partition coefficient (Wildman–Crippen LogP) is 12.0. The Morgan fingerprint density at radius 1 is 0.476 bits per heavy atom. The fourth-order valence-corrected chi connectivity index (χ4v) is 5.80. The van der Waals surface area contributed by atoms with Crippen molar-refractivity contribution in [2.45, 2.75) is 219 Å². The van der Waals surface area contributed by atoms with Crippen molar-refractivity contribution in [2.75, 3.05) is 19.8 Å². The molecule has 0 aromatic carbocycles. The van der Waals surface area contributed by atoms with Gasteiger partial charge in [-0.1, -0.05) is 194 Å². The molecule has 252 valence electrons. The van der Waals surface area contributed by atoms with Crippen LogP contribution in [0.2, 0.25) is 0 Å². The highest BCUT2D eigenvalue weighted by atomic mass is 16.6. The van der Waals surface area contributed by atoms with Gasteiger partial charge in [0.1, 0.15) is 6.10 Å². The van der Waals surface area contributed by atoms with Gasteiger partial charge in [-0.05, 0) is 12.8 Å². The maximum atomic E-state index is 12.1. The molecule has 0 fully saturated rings. The molecule has 4 nitrogen and oxygen atoms in total. The molecule has 1 unspecified atom stereocenters. The standard InChI is InChI=1S/C38H76O4/c1-3-5-7-9-11-12-13-14-15-16-17-18-19-20-21-22-23-24-25-26-27-28-29-31-33-38(40)42-37(35-39)36-41-34-32-30-10-8-6-4-2/h37,39H,3-36H2,1-2H3. The van der Waals surface area contributed by atoms with E-state index in [1.165, 1.54) is 173 Å². The number of ether oxygens (including phenoxy) is 2.